The van der Waals surface area contributed by atoms with E-state index in [1.807, 2.05) is 0 Å². The number of hydrogen-bond donors (Lipinski definition) is 0. The van der Waals surface area contributed by atoms with Gasteiger partial charge in [-0.05, 0) is 37.5 Å². The van der Waals surface area contributed by atoms with Gasteiger partial charge in [0.25, 0.3) is 0 Å². The molecule has 2 heterocycles. The van der Waals surface area contributed by atoms with Gasteiger partial charge < -0.3 is 4.74 Å². The van der Waals surface area contributed by atoms with Crippen LogP contribution in [0.25, 0.3) is 0 Å². The normalized spacial score (nSPS) is 61.3. The van der Waals surface area contributed by atoms with Crippen LogP contribution < -0.4 is 0 Å². The molecule has 1 radical (unpaired) electrons. The van der Waals surface area contributed by atoms with E-state index in [4.69, 9.17) is 4.74 Å². The van der Waals surface area contributed by atoms with Crippen LogP contribution in [0, 0.1) is 18.3 Å². The molecule has 4 rings (SSSR count). The van der Waals surface area contributed by atoms with E-state index in [0.717, 1.165) is 11.8 Å². The van der Waals surface area contributed by atoms with Gasteiger partial charge in [0.1, 0.15) is 0 Å². The van der Waals surface area contributed by atoms with E-state index in [1.165, 1.54) is 19.3 Å². The van der Waals surface area contributed by atoms with Crippen LogP contribution in [-0.4, -0.2) is 12.2 Å². The molecule has 0 aromatic rings. The zero-order valence-corrected chi connectivity index (χ0v) is 5.42. The molecule has 4 unspecified atom stereocenters. The summed E-state index contributed by atoms with van der Waals surface area (Å²) in [7, 11) is 0. The lowest BCUT2D eigenvalue weighted by Crippen LogP contribution is -2.25. The Kier molecular flexibility index (Phi) is 0.704. The zero-order chi connectivity index (χ0) is 5.84. The van der Waals surface area contributed by atoms with Gasteiger partial charge in [-0.25, -0.2) is 0 Å². The SMILES string of the molecule is [CH]1C2CC3CC(CC13)O2. The van der Waals surface area contributed by atoms with E-state index in [9.17, 15) is 0 Å². The van der Waals surface area contributed by atoms with Crippen molar-refractivity contribution in [2.24, 2.45) is 11.8 Å². The van der Waals surface area contributed by atoms with Crippen molar-refractivity contribution < 1.29 is 4.74 Å². The van der Waals surface area contributed by atoms with Crippen molar-refractivity contribution in [3.63, 3.8) is 0 Å². The summed E-state index contributed by atoms with van der Waals surface area (Å²) in [5, 5.41) is 0. The molecule has 2 saturated carbocycles. The molecular formula is C8H11O. The van der Waals surface area contributed by atoms with Crippen LogP contribution in [0.4, 0.5) is 0 Å². The van der Waals surface area contributed by atoms with Crippen molar-refractivity contribution in [2.75, 3.05) is 0 Å². The van der Waals surface area contributed by atoms with E-state index in [0.29, 0.717) is 12.2 Å². The second-order valence-corrected chi connectivity index (χ2v) is 3.62. The first-order chi connectivity index (χ1) is 4.42. The second-order valence-electron chi connectivity index (χ2n) is 3.62. The first kappa shape index (κ1) is 4.73. The highest BCUT2D eigenvalue weighted by Crippen LogP contribution is 2.51. The van der Waals surface area contributed by atoms with E-state index in [-0.39, 0.29) is 0 Å². The molecule has 2 saturated heterocycles. The minimum Gasteiger partial charge on any atom is -0.375 e. The van der Waals surface area contributed by atoms with E-state index < -0.39 is 0 Å². The van der Waals surface area contributed by atoms with Gasteiger partial charge in [0.05, 0.1) is 12.2 Å². The summed E-state index contributed by atoms with van der Waals surface area (Å²) in [6.07, 6.45) is 7.67. The lowest BCUT2D eigenvalue weighted by atomic mass is 10.0. The van der Waals surface area contributed by atoms with Crippen molar-refractivity contribution in [1.82, 2.24) is 0 Å². The Labute approximate surface area is 55.4 Å². The summed E-state index contributed by atoms with van der Waals surface area (Å²) in [6, 6.07) is 0. The molecule has 9 heavy (non-hydrogen) atoms. The molecule has 0 spiro atoms. The molecule has 2 aliphatic heterocycles. The number of hydrogen-bond acceptors (Lipinski definition) is 1. The minimum absolute atomic E-state index is 0.562. The van der Waals surface area contributed by atoms with Crippen LogP contribution >= 0.6 is 0 Å². The molecular weight excluding hydrogens is 112 g/mol. The summed E-state index contributed by atoms with van der Waals surface area (Å²) in [5.41, 5.74) is 0. The Hall–Kier alpha value is -0.0400. The van der Waals surface area contributed by atoms with Gasteiger partial charge in [0.15, 0.2) is 0 Å². The Morgan fingerprint density at radius 1 is 1.22 bits per heavy atom. The molecule has 1 nitrogen and oxygen atoms in total. The Bertz CT molecular complexity index is 110. The van der Waals surface area contributed by atoms with Gasteiger partial charge in [0.2, 0.25) is 0 Å². The Morgan fingerprint density at radius 3 is 2.89 bits per heavy atom. The molecule has 4 fully saturated rings. The van der Waals surface area contributed by atoms with E-state index in [1.54, 1.807) is 0 Å². The minimum atomic E-state index is 0.562. The molecule has 0 amide bonds. The molecule has 4 atom stereocenters. The third-order valence-electron chi connectivity index (χ3n) is 3.07. The highest BCUT2D eigenvalue weighted by atomic mass is 16.5. The van der Waals surface area contributed by atoms with Gasteiger partial charge in [-0.3, -0.25) is 0 Å². The quantitative estimate of drug-likeness (QED) is 0.473. The molecule has 1 heteroatoms. The van der Waals surface area contributed by atoms with Crippen LogP contribution in [0.1, 0.15) is 19.3 Å². The Balaban J connectivity index is 2.00. The smallest absolute Gasteiger partial charge is 0.0616 e. The van der Waals surface area contributed by atoms with Crippen molar-refractivity contribution in [3.8, 4) is 0 Å². The maximum Gasteiger partial charge on any atom is 0.0616 e. The summed E-state index contributed by atoms with van der Waals surface area (Å²) in [5.74, 6) is 1.97. The third-order valence-corrected chi connectivity index (χ3v) is 3.07. The molecule has 4 bridgehead atoms. The van der Waals surface area contributed by atoms with Gasteiger partial charge in [-0.1, -0.05) is 0 Å². The number of ether oxygens (including phenoxy) is 1. The van der Waals surface area contributed by atoms with Gasteiger partial charge in [-0.15, -0.1) is 0 Å². The molecule has 49 valence electrons. The summed E-state index contributed by atoms with van der Waals surface area (Å²) in [6.45, 7) is 0. The van der Waals surface area contributed by atoms with Crippen LogP contribution in [0.15, 0.2) is 0 Å². The molecule has 0 aromatic carbocycles. The topological polar surface area (TPSA) is 9.23 Å². The van der Waals surface area contributed by atoms with E-state index in [2.05, 4.69) is 6.42 Å². The van der Waals surface area contributed by atoms with Gasteiger partial charge in [0, 0.05) is 0 Å². The second kappa shape index (κ2) is 1.34. The highest BCUT2D eigenvalue weighted by molar-refractivity contribution is 5.07. The lowest BCUT2D eigenvalue weighted by Gasteiger charge is -2.25. The van der Waals surface area contributed by atoms with Crippen molar-refractivity contribution in [3.05, 3.63) is 6.42 Å². The Morgan fingerprint density at radius 2 is 2.22 bits per heavy atom. The van der Waals surface area contributed by atoms with Crippen molar-refractivity contribution >= 4 is 0 Å². The summed E-state index contributed by atoms with van der Waals surface area (Å²) in [4.78, 5) is 0. The predicted octanol–water partition coefficient (Wildman–Crippen LogP) is 1.39. The van der Waals surface area contributed by atoms with Crippen LogP contribution in [-0.2, 0) is 4.74 Å². The maximum atomic E-state index is 5.69. The summed E-state index contributed by atoms with van der Waals surface area (Å²) >= 11 is 0. The number of rotatable bonds is 0. The fourth-order valence-corrected chi connectivity index (χ4v) is 2.72. The zero-order valence-electron chi connectivity index (χ0n) is 5.42. The lowest BCUT2D eigenvalue weighted by molar-refractivity contribution is -0.0250. The van der Waals surface area contributed by atoms with Gasteiger partial charge in [-0.2, -0.15) is 0 Å². The molecule has 4 aliphatic rings. The van der Waals surface area contributed by atoms with Crippen molar-refractivity contribution in [2.45, 2.75) is 31.5 Å². The van der Waals surface area contributed by atoms with Crippen molar-refractivity contribution in [1.29, 1.82) is 0 Å². The monoisotopic (exact) mass is 123 g/mol. The molecule has 2 aliphatic carbocycles. The van der Waals surface area contributed by atoms with Gasteiger partial charge >= 0.3 is 0 Å². The van der Waals surface area contributed by atoms with E-state index >= 15 is 0 Å². The average molecular weight is 123 g/mol. The average Bonchev–Trinajstić information content (AvgIpc) is 2.20. The first-order valence-electron chi connectivity index (χ1n) is 3.92. The predicted molar refractivity (Wildman–Crippen MR) is 33.8 cm³/mol. The summed E-state index contributed by atoms with van der Waals surface area (Å²) < 4.78 is 5.69. The first-order valence-corrected chi connectivity index (χ1v) is 3.92. The van der Waals surface area contributed by atoms with Crippen LogP contribution in [0.3, 0.4) is 0 Å². The molecule has 0 aromatic heterocycles. The fraction of sp³-hybridized carbons (Fsp3) is 0.875. The fourth-order valence-electron chi connectivity index (χ4n) is 2.72. The largest absolute Gasteiger partial charge is 0.375 e. The molecule has 0 N–H and O–H groups in total. The standard InChI is InChI=1S/C8H11O/c1-5-2-8-4-6(5)3-7(1)9-8/h1,5-8H,2-4H2. The van der Waals surface area contributed by atoms with Crippen LogP contribution in [0.5, 0.6) is 0 Å². The maximum absolute atomic E-state index is 5.69. The third kappa shape index (κ3) is 0.493. The highest BCUT2D eigenvalue weighted by Gasteiger charge is 2.48. The van der Waals surface area contributed by atoms with Crippen LogP contribution in [0.2, 0.25) is 0 Å².